The SMILES string of the molecule is Cc1cc(-c2cccc(S(C)(=O)=O)c2)c(Cl)cc1C1=C(N)C2(CCCCC2)OC1O. The third-order valence-electron chi connectivity index (χ3n) is 6.20. The number of nitrogens with two attached hydrogens (primary N) is 1. The normalized spacial score (nSPS) is 21.4. The fraction of sp³-hybridized carbons (Fsp3) is 0.391. The number of aryl methyl sites for hydroxylation is 1. The summed E-state index contributed by atoms with van der Waals surface area (Å²) in [5.74, 6) is 0. The molecule has 1 aliphatic carbocycles. The van der Waals surface area contributed by atoms with Crippen molar-refractivity contribution in [2.24, 2.45) is 5.73 Å². The van der Waals surface area contributed by atoms with E-state index < -0.39 is 21.7 Å². The molecule has 1 spiro atoms. The van der Waals surface area contributed by atoms with Gasteiger partial charge in [-0.15, -0.1) is 0 Å². The van der Waals surface area contributed by atoms with Gasteiger partial charge in [0.2, 0.25) is 0 Å². The number of ether oxygens (including phenoxy) is 1. The fourth-order valence-electron chi connectivity index (χ4n) is 4.59. The second-order valence-corrected chi connectivity index (χ2v) is 10.7. The lowest BCUT2D eigenvalue weighted by Crippen LogP contribution is -2.38. The molecule has 30 heavy (non-hydrogen) atoms. The van der Waals surface area contributed by atoms with Crippen LogP contribution in [0.2, 0.25) is 5.02 Å². The minimum absolute atomic E-state index is 0.239. The molecular formula is C23H26ClNO4S. The van der Waals surface area contributed by atoms with Crippen molar-refractivity contribution < 1.29 is 18.3 Å². The largest absolute Gasteiger partial charge is 0.399 e. The van der Waals surface area contributed by atoms with Gasteiger partial charge in [0.05, 0.1) is 4.90 Å². The summed E-state index contributed by atoms with van der Waals surface area (Å²) in [5.41, 5.74) is 10.2. The van der Waals surface area contributed by atoms with Crippen LogP contribution < -0.4 is 5.73 Å². The molecule has 0 bridgehead atoms. The van der Waals surface area contributed by atoms with Crippen LogP contribution in [0.5, 0.6) is 0 Å². The molecule has 2 aromatic carbocycles. The van der Waals surface area contributed by atoms with E-state index >= 15 is 0 Å². The van der Waals surface area contributed by atoms with Gasteiger partial charge >= 0.3 is 0 Å². The number of rotatable bonds is 3. The Bertz CT molecular complexity index is 1130. The number of hydrogen-bond donors (Lipinski definition) is 2. The molecule has 5 nitrogen and oxygen atoms in total. The highest BCUT2D eigenvalue weighted by Gasteiger charge is 2.46. The zero-order chi connectivity index (χ0) is 21.7. The summed E-state index contributed by atoms with van der Waals surface area (Å²) in [6.07, 6.45) is 4.91. The maximum Gasteiger partial charge on any atom is 0.184 e. The second-order valence-electron chi connectivity index (χ2n) is 8.30. The molecule has 1 saturated carbocycles. The van der Waals surface area contributed by atoms with Crippen LogP contribution in [0.4, 0.5) is 0 Å². The van der Waals surface area contributed by atoms with Gasteiger partial charge in [-0.25, -0.2) is 8.42 Å². The molecule has 3 N–H and O–H groups in total. The summed E-state index contributed by atoms with van der Waals surface area (Å²) in [6.45, 7) is 1.93. The highest BCUT2D eigenvalue weighted by Crippen LogP contribution is 2.47. The molecule has 0 amide bonds. The monoisotopic (exact) mass is 447 g/mol. The fourth-order valence-corrected chi connectivity index (χ4v) is 5.53. The lowest BCUT2D eigenvalue weighted by atomic mass is 9.81. The van der Waals surface area contributed by atoms with Crippen LogP contribution in [0, 0.1) is 6.92 Å². The van der Waals surface area contributed by atoms with Gasteiger partial charge in [0.1, 0.15) is 5.60 Å². The Morgan fingerprint density at radius 2 is 1.83 bits per heavy atom. The lowest BCUT2D eigenvalue weighted by molar-refractivity contribution is -0.134. The molecule has 2 aromatic rings. The third-order valence-corrected chi connectivity index (χ3v) is 7.63. The topological polar surface area (TPSA) is 89.6 Å². The van der Waals surface area contributed by atoms with E-state index in [1.54, 1.807) is 24.3 Å². The van der Waals surface area contributed by atoms with Gasteiger partial charge in [-0.2, -0.15) is 0 Å². The van der Waals surface area contributed by atoms with Gasteiger partial charge < -0.3 is 15.6 Å². The van der Waals surface area contributed by atoms with Crippen molar-refractivity contribution >= 4 is 27.0 Å². The molecule has 0 saturated heterocycles. The molecule has 1 fully saturated rings. The van der Waals surface area contributed by atoms with Gasteiger partial charge in [0.25, 0.3) is 0 Å². The van der Waals surface area contributed by atoms with E-state index in [9.17, 15) is 13.5 Å². The minimum atomic E-state index is -3.32. The Balaban J connectivity index is 1.79. The molecule has 7 heteroatoms. The summed E-state index contributed by atoms with van der Waals surface area (Å²) in [7, 11) is -3.32. The molecule has 1 unspecified atom stereocenters. The molecule has 0 aromatic heterocycles. The molecule has 2 aliphatic rings. The summed E-state index contributed by atoms with van der Waals surface area (Å²) < 4.78 is 29.8. The van der Waals surface area contributed by atoms with Crippen LogP contribution in [-0.2, 0) is 14.6 Å². The highest BCUT2D eigenvalue weighted by molar-refractivity contribution is 7.90. The number of aliphatic hydroxyl groups excluding tert-OH is 1. The van der Waals surface area contributed by atoms with Crippen molar-refractivity contribution in [3.8, 4) is 11.1 Å². The van der Waals surface area contributed by atoms with Gasteiger partial charge in [-0.05, 0) is 60.7 Å². The van der Waals surface area contributed by atoms with Gasteiger partial charge in [-0.1, -0.05) is 43.0 Å². The first kappa shape index (κ1) is 21.4. The van der Waals surface area contributed by atoms with Crippen LogP contribution in [-0.4, -0.2) is 31.7 Å². The van der Waals surface area contributed by atoms with Crippen LogP contribution >= 0.6 is 11.6 Å². The first-order valence-corrected chi connectivity index (χ1v) is 12.4. The van der Waals surface area contributed by atoms with Crippen molar-refractivity contribution in [1.82, 2.24) is 0 Å². The van der Waals surface area contributed by atoms with Crippen molar-refractivity contribution in [3.63, 3.8) is 0 Å². The van der Waals surface area contributed by atoms with E-state index in [0.29, 0.717) is 21.9 Å². The predicted molar refractivity (Wildman–Crippen MR) is 119 cm³/mol. The van der Waals surface area contributed by atoms with E-state index in [-0.39, 0.29) is 4.90 Å². The molecular weight excluding hydrogens is 422 g/mol. The van der Waals surface area contributed by atoms with Crippen LogP contribution in [0.25, 0.3) is 16.7 Å². The molecule has 1 heterocycles. The van der Waals surface area contributed by atoms with Crippen molar-refractivity contribution in [3.05, 3.63) is 58.2 Å². The van der Waals surface area contributed by atoms with Crippen molar-refractivity contribution in [2.75, 3.05) is 6.26 Å². The minimum Gasteiger partial charge on any atom is -0.399 e. The average molecular weight is 448 g/mol. The second kappa shape index (κ2) is 7.68. The van der Waals surface area contributed by atoms with Gasteiger partial charge in [-0.3, -0.25) is 0 Å². The number of halogens is 1. The Morgan fingerprint density at radius 3 is 2.50 bits per heavy atom. The summed E-state index contributed by atoms with van der Waals surface area (Å²) >= 11 is 6.62. The number of hydrogen-bond acceptors (Lipinski definition) is 5. The highest BCUT2D eigenvalue weighted by atomic mass is 35.5. The standard InChI is InChI=1S/C23H26ClNO4S/c1-14-11-18(15-7-6-8-16(12-15)30(2,27)28)19(24)13-17(14)20-21(25)23(29-22(20)26)9-4-3-5-10-23/h6-8,11-13,22,26H,3-5,9-10,25H2,1-2H3. The zero-order valence-corrected chi connectivity index (χ0v) is 18.7. The van der Waals surface area contributed by atoms with Crippen LogP contribution in [0.1, 0.15) is 43.2 Å². The Labute approximate surface area is 182 Å². The Morgan fingerprint density at radius 1 is 1.13 bits per heavy atom. The molecule has 1 aliphatic heterocycles. The smallest absolute Gasteiger partial charge is 0.184 e. The molecule has 0 radical (unpaired) electrons. The summed E-state index contributed by atoms with van der Waals surface area (Å²) in [4.78, 5) is 0.239. The molecule has 4 rings (SSSR count). The Kier molecular flexibility index (Phi) is 5.47. The first-order valence-electron chi connectivity index (χ1n) is 10.1. The van der Waals surface area contributed by atoms with E-state index in [4.69, 9.17) is 22.1 Å². The van der Waals surface area contributed by atoms with Gasteiger partial charge in [0, 0.05) is 28.1 Å². The van der Waals surface area contributed by atoms with Crippen molar-refractivity contribution in [1.29, 1.82) is 0 Å². The van der Waals surface area contributed by atoms with Gasteiger partial charge in [0.15, 0.2) is 16.1 Å². The molecule has 160 valence electrons. The summed E-state index contributed by atoms with van der Waals surface area (Å²) in [5, 5.41) is 11.1. The number of benzene rings is 2. The van der Waals surface area contributed by atoms with Crippen LogP contribution in [0.15, 0.2) is 47.0 Å². The van der Waals surface area contributed by atoms with E-state index in [1.165, 1.54) is 6.26 Å². The zero-order valence-electron chi connectivity index (χ0n) is 17.1. The third kappa shape index (κ3) is 3.66. The molecule has 1 atom stereocenters. The number of sulfone groups is 1. The summed E-state index contributed by atoms with van der Waals surface area (Å²) in [6, 6.07) is 10.4. The Hall–Kier alpha value is -1.86. The predicted octanol–water partition coefficient (Wildman–Crippen LogP) is 4.44. The van der Waals surface area contributed by atoms with E-state index in [2.05, 4.69) is 0 Å². The maximum atomic E-state index is 11.9. The van der Waals surface area contributed by atoms with E-state index in [1.807, 2.05) is 19.1 Å². The maximum absolute atomic E-state index is 11.9. The van der Waals surface area contributed by atoms with E-state index in [0.717, 1.165) is 48.8 Å². The first-order chi connectivity index (χ1) is 14.1. The lowest BCUT2D eigenvalue weighted by Gasteiger charge is -2.33. The van der Waals surface area contributed by atoms with Crippen LogP contribution in [0.3, 0.4) is 0 Å². The number of aliphatic hydroxyl groups is 1. The quantitative estimate of drug-likeness (QED) is 0.725. The average Bonchev–Trinajstić information content (AvgIpc) is 2.93. The van der Waals surface area contributed by atoms with Crippen molar-refractivity contribution in [2.45, 2.75) is 55.8 Å².